The van der Waals surface area contributed by atoms with Crippen LogP contribution in [-0.2, 0) is 14.3 Å². The normalized spacial score (nSPS) is 13.6. The molecule has 28 heavy (non-hydrogen) atoms. The van der Waals surface area contributed by atoms with Gasteiger partial charge in [-0.3, -0.25) is 4.79 Å². The van der Waals surface area contributed by atoms with Gasteiger partial charge in [-0.1, -0.05) is 71.1 Å². The van der Waals surface area contributed by atoms with E-state index in [2.05, 4.69) is 6.92 Å². The van der Waals surface area contributed by atoms with Crippen molar-refractivity contribution in [2.45, 2.75) is 115 Å². The van der Waals surface area contributed by atoms with Crippen molar-refractivity contribution in [2.24, 2.45) is 0 Å². The van der Waals surface area contributed by atoms with Crippen LogP contribution in [0.3, 0.4) is 0 Å². The first kappa shape index (κ1) is 27.3. The zero-order chi connectivity index (χ0) is 21.0. The van der Waals surface area contributed by atoms with E-state index < -0.39 is 12.2 Å². The van der Waals surface area contributed by atoms with Gasteiger partial charge in [-0.05, 0) is 19.3 Å². The first-order chi connectivity index (χ1) is 13.6. The van der Waals surface area contributed by atoms with Gasteiger partial charge in [0.15, 0.2) is 0 Å². The lowest BCUT2D eigenvalue weighted by Gasteiger charge is -2.21. The molecule has 0 aromatic carbocycles. The molecule has 0 aromatic rings. The Morgan fingerprint density at radius 2 is 1.36 bits per heavy atom. The van der Waals surface area contributed by atoms with E-state index in [9.17, 15) is 9.90 Å². The Kier molecular flexibility index (Phi) is 19.1. The molecule has 6 nitrogen and oxygen atoms in total. The maximum absolute atomic E-state index is 11.5. The molecule has 0 spiro atoms. The third-order valence-electron chi connectivity index (χ3n) is 5.16. The van der Waals surface area contributed by atoms with Crippen molar-refractivity contribution in [2.75, 3.05) is 20.3 Å². The molecular formula is C22H44O6. The van der Waals surface area contributed by atoms with Gasteiger partial charge in [-0.2, -0.15) is 0 Å². The number of hydrogen-bond donors (Lipinski definition) is 3. The highest BCUT2D eigenvalue weighted by atomic mass is 16.6. The molecule has 2 unspecified atom stereocenters. The number of unbranched alkanes of at least 4 members (excludes halogenated alkanes) is 9. The maximum Gasteiger partial charge on any atom is 0.306 e. The summed E-state index contributed by atoms with van der Waals surface area (Å²) in [6, 6.07) is 0. The van der Waals surface area contributed by atoms with Gasteiger partial charge in [-0.15, -0.1) is 0 Å². The Balaban J connectivity index is 3.65. The smallest absolute Gasteiger partial charge is 0.306 e. The van der Waals surface area contributed by atoms with Crippen LogP contribution in [0.15, 0.2) is 0 Å². The summed E-state index contributed by atoms with van der Waals surface area (Å²) in [5, 5.41) is 28.1. The highest BCUT2D eigenvalue weighted by molar-refractivity contribution is 5.69. The number of hydrogen-bond acceptors (Lipinski definition) is 6. The molecular weight excluding hydrogens is 360 g/mol. The minimum atomic E-state index is -0.806. The van der Waals surface area contributed by atoms with Crippen LogP contribution >= 0.6 is 0 Å². The lowest BCUT2D eigenvalue weighted by atomic mass is 9.99. The van der Waals surface area contributed by atoms with Crippen molar-refractivity contribution in [1.82, 2.24) is 0 Å². The summed E-state index contributed by atoms with van der Waals surface area (Å²) in [6.45, 7) is 1.51. The lowest BCUT2D eigenvalue weighted by molar-refractivity contribution is -0.153. The lowest BCUT2D eigenvalue weighted by Crippen LogP contribution is -2.27. The first-order valence-electron chi connectivity index (χ1n) is 11.2. The Morgan fingerprint density at radius 3 is 1.93 bits per heavy atom. The molecule has 6 heteroatoms. The second-order valence-electron chi connectivity index (χ2n) is 7.68. The van der Waals surface area contributed by atoms with E-state index in [1.54, 1.807) is 7.11 Å². The zero-order valence-corrected chi connectivity index (χ0v) is 18.1. The third-order valence-corrected chi connectivity index (χ3v) is 5.16. The van der Waals surface area contributed by atoms with E-state index in [1.807, 2.05) is 0 Å². The topological polar surface area (TPSA) is 96.2 Å². The molecule has 0 aliphatic carbocycles. The molecule has 0 radical (unpaired) electrons. The number of aliphatic hydroxyl groups excluding tert-OH is 3. The molecule has 0 saturated heterocycles. The monoisotopic (exact) mass is 404 g/mol. The molecule has 0 bridgehead atoms. The van der Waals surface area contributed by atoms with Gasteiger partial charge in [0.05, 0.1) is 25.4 Å². The van der Waals surface area contributed by atoms with Gasteiger partial charge < -0.3 is 24.8 Å². The fourth-order valence-electron chi connectivity index (χ4n) is 3.31. The summed E-state index contributed by atoms with van der Waals surface area (Å²) in [4.78, 5) is 11.5. The Bertz CT molecular complexity index is 346. The number of carbonyl (C=O) groups excluding carboxylic acids is 1. The van der Waals surface area contributed by atoms with Gasteiger partial charge in [0.2, 0.25) is 0 Å². The SMILES string of the molecule is CCCCCCCCC(OC)C(O)CCCCCCCC(=O)OC(CO)CO. The summed E-state index contributed by atoms with van der Waals surface area (Å²) < 4.78 is 10.4. The Morgan fingerprint density at radius 1 is 0.821 bits per heavy atom. The second kappa shape index (κ2) is 19.6. The van der Waals surface area contributed by atoms with Crippen LogP contribution in [-0.4, -0.2) is 59.9 Å². The summed E-state index contributed by atoms with van der Waals surface area (Å²) in [7, 11) is 1.68. The molecule has 0 heterocycles. The molecule has 0 aliphatic heterocycles. The minimum Gasteiger partial charge on any atom is -0.457 e. The number of rotatable bonds is 20. The molecule has 0 amide bonds. The van der Waals surface area contributed by atoms with Crippen LogP contribution in [0, 0.1) is 0 Å². The highest BCUT2D eigenvalue weighted by Gasteiger charge is 2.17. The van der Waals surface area contributed by atoms with Crippen molar-refractivity contribution in [3.8, 4) is 0 Å². The van der Waals surface area contributed by atoms with Crippen molar-refractivity contribution in [3.05, 3.63) is 0 Å². The van der Waals surface area contributed by atoms with Gasteiger partial charge in [0, 0.05) is 13.5 Å². The molecule has 3 N–H and O–H groups in total. The summed E-state index contributed by atoms with van der Waals surface area (Å²) in [5.41, 5.74) is 0. The number of methoxy groups -OCH3 is 1. The molecule has 0 rings (SSSR count). The van der Waals surface area contributed by atoms with Gasteiger partial charge >= 0.3 is 5.97 Å². The van der Waals surface area contributed by atoms with Crippen molar-refractivity contribution >= 4 is 5.97 Å². The maximum atomic E-state index is 11.5. The number of esters is 1. The largest absolute Gasteiger partial charge is 0.457 e. The van der Waals surface area contributed by atoms with Crippen molar-refractivity contribution in [1.29, 1.82) is 0 Å². The van der Waals surface area contributed by atoms with Crippen molar-refractivity contribution in [3.63, 3.8) is 0 Å². The quantitative estimate of drug-likeness (QED) is 0.211. The van der Waals surface area contributed by atoms with Crippen molar-refractivity contribution < 1.29 is 29.6 Å². The van der Waals surface area contributed by atoms with Gasteiger partial charge in [-0.25, -0.2) is 0 Å². The molecule has 0 aliphatic rings. The second-order valence-corrected chi connectivity index (χ2v) is 7.68. The van der Waals surface area contributed by atoms with Crippen LogP contribution in [0.5, 0.6) is 0 Å². The predicted octanol–water partition coefficient (Wildman–Crippen LogP) is 3.74. The van der Waals surface area contributed by atoms with Gasteiger partial charge in [0.1, 0.15) is 6.10 Å². The zero-order valence-electron chi connectivity index (χ0n) is 18.1. The number of ether oxygens (including phenoxy) is 2. The van der Waals surface area contributed by atoms with Crippen LogP contribution in [0.25, 0.3) is 0 Å². The van der Waals surface area contributed by atoms with Gasteiger partial charge in [0.25, 0.3) is 0 Å². The number of carbonyl (C=O) groups is 1. The molecule has 0 saturated carbocycles. The van der Waals surface area contributed by atoms with Crippen LogP contribution < -0.4 is 0 Å². The average molecular weight is 405 g/mol. The number of aliphatic hydroxyl groups is 3. The highest BCUT2D eigenvalue weighted by Crippen LogP contribution is 2.17. The fraction of sp³-hybridized carbons (Fsp3) is 0.955. The van der Waals surface area contributed by atoms with E-state index >= 15 is 0 Å². The summed E-state index contributed by atoms with van der Waals surface area (Å²) >= 11 is 0. The summed E-state index contributed by atoms with van der Waals surface area (Å²) in [5.74, 6) is -0.374. The summed E-state index contributed by atoms with van der Waals surface area (Å²) in [6.07, 6.45) is 12.9. The Hall–Kier alpha value is -0.690. The molecule has 2 atom stereocenters. The molecule has 0 aromatic heterocycles. The van der Waals surface area contributed by atoms with Crippen LogP contribution in [0.1, 0.15) is 96.8 Å². The third kappa shape index (κ3) is 15.3. The van der Waals surface area contributed by atoms with E-state index in [-0.39, 0.29) is 25.3 Å². The standard InChI is InChI=1S/C22H44O6/c1-3-4-5-6-9-12-15-21(27-2)20(25)14-11-8-7-10-13-16-22(26)28-19(17-23)18-24/h19-21,23-25H,3-18H2,1-2H3. The van der Waals surface area contributed by atoms with E-state index in [0.29, 0.717) is 6.42 Å². The van der Waals surface area contributed by atoms with E-state index in [4.69, 9.17) is 19.7 Å². The average Bonchev–Trinajstić information content (AvgIpc) is 2.70. The van der Waals surface area contributed by atoms with E-state index in [0.717, 1.165) is 51.4 Å². The Labute approximate surface area is 171 Å². The van der Waals surface area contributed by atoms with Crippen LogP contribution in [0.2, 0.25) is 0 Å². The molecule has 0 fully saturated rings. The van der Waals surface area contributed by atoms with Crippen LogP contribution in [0.4, 0.5) is 0 Å². The fourth-order valence-corrected chi connectivity index (χ4v) is 3.31. The first-order valence-corrected chi connectivity index (χ1v) is 11.2. The minimum absolute atomic E-state index is 0.0630. The predicted molar refractivity (Wildman–Crippen MR) is 111 cm³/mol. The molecule has 168 valence electrons. The van der Waals surface area contributed by atoms with E-state index in [1.165, 1.54) is 32.1 Å².